The van der Waals surface area contributed by atoms with Crippen molar-refractivity contribution in [3.05, 3.63) is 88.4 Å². The van der Waals surface area contributed by atoms with Crippen molar-refractivity contribution in [2.45, 2.75) is 62.6 Å². The molecule has 0 unspecified atom stereocenters. The Morgan fingerprint density at radius 1 is 0.976 bits per heavy atom. The van der Waals surface area contributed by atoms with Crippen molar-refractivity contribution in [3.63, 3.8) is 0 Å². The first-order valence-electron chi connectivity index (χ1n) is 13.9. The van der Waals surface area contributed by atoms with E-state index in [2.05, 4.69) is 5.32 Å². The number of carbonyl (C=O) groups excluding carboxylic acids is 2. The number of amides is 2. The number of carbonyl (C=O) groups is 2. The van der Waals surface area contributed by atoms with Gasteiger partial charge < -0.3 is 15.0 Å². The van der Waals surface area contributed by atoms with Crippen LogP contribution in [0.5, 0.6) is 5.75 Å². The molecule has 42 heavy (non-hydrogen) atoms. The summed E-state index contributed by atoms with van der Waals surface area (Å²) in [6.07, 6.45) is 5.02. The maximum absolute atomic E-state index is 14.1. The first-order chi connectivity index (χ1) is 20.1. The first kappa shape index (κ1) is 31.7. The number of rotatable bonds is 11. The third-order valence-electron chi connectivity index (χ3n) is 7.42. The standard InChI is InChI=1S/C31H35Cl2N3O5S/c1-22(31(38)34-25-9-5-3-6-10-25)35(20-23-13-15-24(32)16-14-23)30(37)21-36(26-17-18-29(41-2)28(33)19-26)42(39,40)27-11-7-4-8-12-27/h4,7-8,11-19,22,25H,3,5-6,9-10,20-21H2,1-2H3,(H,34,38)/t22-/m0/s1. The predicted molar refractivity (Wildman–Crippen MR) is 165 cm³/mol. The second-order valence-electron chi connectivity index (χ2n) is 10.3. The lowest BCUT2D eigenvalue weighted by Gasteiger charge is -2.33. The van der Waals surface area contributed by atoms with Crippen LogP contribution >= 0.6 is 23.2 Å². The summed E-state index contributed by atoms with van der Waals surface area (Å²) >= 11 is 12.4. The molecule has 4 rings (SSSR count). The summed E-state index contributed by atoms with van der Waals surface area (Å²) in [5.41, 5.74) is 0.929. The molecule has 1 atom stereocenters. The maximum atomic E-state index is 14.1. The van der Waals surface area contributed by atoms with Crippen molar-refractivity contribution in [1.82, 2.24) is 10.2 Å². The van der Waals surface area contributed by atoms with E-state index in [1.54, 1.807) is 55.5 Å². The van der Waals surface area contributed by atoms with Gasteiger partial charge in [-0.1, -0.05) is 72.8 Å². The average Bonchev–Trinajstić information content (AvgIpc) is 3.00. The lowest BCUT2D eigenvalue weighted by molar-refractivity contribution is -0.139. The summed E-state index contributed by atoms with van der Waals surface area (Å²) in [5.74, 6) is -0.474. The summed E-state index contributed by atoms with van der Waals surface area (Å²) in [6, 6.07) is 18.5. The molecular formula is C31H35Cl2N3O5S. The number of nitrogens with zero attached hydrogens (tertiary/aromatic N) is 2. The van der Waals surface area contributed by atoms with Crippen molar-refractivity contribution >= 4 is 50.7 Å². The molecule has 1 saturated carbocycles. The molecule has 3 aromatic carbocycles. The lowest BCUT2D eigenvalue weighted by Crippen LogP contribution is -2.53. The van der Waals surface area contributed by atoms with E-state index in [9.17, 15) is 18.0 Å². The molecule has 8 nitrogen and oxygen atoms in total. The second-order valence-corrected chi connectivity index (χ2v) is 13.0. The number of methoxy groups -OCH3 is 1. The summed E-state index contributed by atoms with van der Waals surface area (Å²) < 4.78 is 34.1. The molecule has 0 saturated heterocycles. The smallest absolute Gasteiger partial charge is 0.264 e. The molecule has 0 radical (unpaired) electrons. The molecule has 1 aliphatic rings. The van der Waals surface area contributed by atoms with Crippen LogP contribution in [0.4, 0.5) is 5.69 Å². The van der Waals surface area contributed by atoms with Gasteiger partial charge in [-0.3, -0.25) is 13.9 Å². The van der Waals surface area contributed by atoms with Crippen molar-refractivity contribution in [2.24, 2.45) is 0 Å². The number of halogens is 2. The minimum Gasteiger partial charge on any atom is -0.495 e. The predicted octanol–water partition coefficient (Wildman–Crippen LogP) is 6.06. The number of hydrogen-bond acceptors (Lipinski definition) is 5. The van der Waals surface area contributed by atoms with Crippen molar-refractivity contribution in [3.8, 4) is 5.75 Å². The third kappa shape index (κ3) is 7.76. The minimum atomic E-state index is -4.20. The average molecular weight is 633 g/mol. The molecule has 1 fully saturated rings. The lowest BCUT2D eigenvalue weighted by atomic mass is 9.95. The zero-order chi connectivity index (χ0) is 30.3. The van der Waals surface area contributed by atoms with Gasteiger partial charge in [0, 0.05) is 17.6 Å². The van der Waals surface area contributed by atoms with Crippen LogP contribution in [0.3, 0.4) is 0 Å². The summed E-state index contributed by atoms with van der Waals surface area (Å²) in [4.78, 5) is 28.9. The van der Waals surface area contributed by atoms with E-state index in [1.807, 2.05) is 0 Å². The van der Waals surface area contributed by atoms with Gasteiger partial charge in [-0.25, -0.2) is 8.42 Å². The number of nitrogens with one attached hydrogen (secondary N) is 1. The van der Waals surface area contributed by atoms with Crippen LogP contribution in [0.15, 0.2) is 77.7 Å². The highest BCUT2D eigenvalue weighted by Gasteiger charge is 2.33. The normalized spacial score (nSPS) is 14.6. The Bertz CT molecular complexity index is 1480. The fourth-order valence-corrected chi connectivity index (χ4v) is 6.80. The van der Waals surface area contributed by atoms with E-state index < -0.39 is 28.5 Å². The van der Waals surface area contributed by atoms with E-state index in [-0.39, 0.29) is 34.1 Å². The van der Waals surface area contributed by atoms with Gasteiger partial charge >= 0.3 is 0 Å². The SMILES string of the molecule is COc1ccc(N(CC(=O)N(Cc2ccc(Cl)cc2)[C@@H](C)C(=O)NC2CCCCC2)S(=O)(=O)c2ccccc2)cc1Cl. The molecule has 0 heterocycles. The molecule has 1 aliphatic carbocycles. The second kappa shape index (κ2) is 14.3. The van der Waals surface area contributed by atoms with E-state index in [0.29, 0.717) is 10.8 Å². The van der Waals surface area contributed by atoms with Gasteiger partial charge in [-0.05, 0) is 67.8 Å². The third-order valence-corrected chi connectivity index (χ3v) is 9.75. The Morgan fingerprint density at radius 3 is 2.26 bits per heavy atom. The van der Waals surface area contributed by atoms with Gasteiger partial charge in [0.2, 0.25) is 11.8 Å². The monoisotopic (exact) mass is 631 g/mol. The number of sulfonamides is 1. The topological polar surface area (TPSA) is 96.0 Å². The van der Waals surface area contributed by atoms with Crippen LogP contribution in [-0.4, -0.2) is 50.9 Å². The van der Waals surface area contributed by atoms with Crippen LogP contribution in [0.2, 0.25) is 10.0 Å². The van der Waals surface area contributed by atoms with Crippen LogP contribution < -0.4 is 14.4 Å². The summed E-state index contributed by atoms with van der Waals surface area (Å²) in [6.45, 7) is 1.18. The molecular weight excluding hydrogens is 597 g/mol. The quantitative estimate of drug-likeness (QED) is 0.277. The van der Waals surface area contributed by atoms with Crippen molar-refractivity contribution < 1.29 is 22.7 Å². The molecule has 224 valence electrons. The number of hydrogen-bond donors (Lipinski definition) is 1. The van der Waals surface area contributed by atoms with Crippen LogP contribution in [-0.2, 0) is 26.2 Å². The molecule has 11 heteroatoms. The number of benzene rings is 3. The molecule has 2 amide bonds. The molecule has 0 bridgehead atoms. The number of ether oxygens (including phenoxy) is 1. The molecule has 1 N–H and O–H groups in total. The molecule has 0 aromatic heterocycles. The molecule has 0 aliphatic heterocycles. The van der Waals surface area contributed by atoms with Gasteiger partial charge in [-0.2, -0.15) is 0 Å². The maximum Gasteiger partial charge on any atom is 0.264 e. The van der Waals surface area contributed by atoms with Crippen LogP contribution in [0.1, 0.15) is 44.6 Å². The van der Waals surface area contributed by atoms with Gasteiger partial charge in [0.05, 0.1) is 22.7 Å². The Morgan fingerprint density at radius 2 is 1.64 bits per heavy atom. The van der Waals surface area contributed by atoms with Gasteiger partial charge in [0.25, 0.3) is 10.0 Å². The van der Waals surface area contributed by atoms with Gasteiger partial charge in [0.1, 0.15) is 18.3 Å². The van der Waals surface area contributed by atoms with Crippen molar-refractivity contribution in [2.75, 3.05) is 18.0 Å². The van der Waals surface area contributed by atoms with E-state index in [4.69, 9.17) is 27.9 Å². The Kier molecular flexibility index (Phi) is 10.8. The Balaban J connectivity index is 1.69. The van der Waals surface area contributed by atoms with E-state index >= 15 is 0 Å². The Hall–Kier alpha value is -3.27. The highest BCUT2D eigenvalue weighted by molar-refractivity contribution is 7.92. The van der Waals surface area contributed by atoms with Gasteiger partial charge in [0.15, 0.2) is 0 Å². The largest absolute Gasteiger partial charge is 0.495 e. The zero-order valence-electron chi connectivity index (χ0n) is 23.6. The first-order valence-corrected chi connectivity index (χ1v) is 16.1. The molecule has 0 spiro atoms. The molecule has 3 aromatic rings. The fraction of sp³-hybridized carbons (Fsp3) is 0.355. The highest BCUT2D eigenvalue weighted by atomic mass is 35.5. The number of anilines is 1. The summed E-state index contributed by atoms with van der Waals surface area (Å²) in [7, 11) is -2.74. The summed E-state index contributed by atoms with van der Waals surface area (Å²) in [5, 5.41) is 3.82. The zero-order valence-corrected chi connectivity index (χ0v) is 26.0. The van der Waals surface area contributed by atoms with E-state index in [1.165, 1.54) is 36.3 Å². The highest BCUT2D eigenvalue weighted by Crippen LogP contribution is 2.32. The minimum absolute atomic E-state index is 0.0112. The van der Waals surface area contributed by atoms with E-state index in [0.717, 1.165) is 42.0 Å². The van der Waals surface area contributed by atoms with Crippen molar-refractivity contribution in [1.29, 1.82) is 0 Å². The van der Waals surface area contributed by atoms with Crippen LogP contribution in [0.25, 0.3) is 0 Å². The van der Waals surface area contributed by atoms with Gasteiger partial charge in [-0.15, -0.1) is 0 Å². The Labute approximate surface area is 257 Å². The van der Waals surface area contributed by atoms with Crippen LogP contribution in [0, 0.1) is 0 Å². The fourth-order valence-electron chi connectivity index (χ4n) is 5.00.